The number of hydrogen-bond donors (Lipinski definition) is 0. The Morgan fingerprint density at radius 2 is 1.63 bits per heavy atom. The van der Waals surface area contributed by atoms with Crippen LogP contribution in [0.3, 0.4) is 0 Å². The smallest absolute Gasteiger partial charge is 0.282 e. The van der Waals surface area contributed by atoms with Crippen molar-refractivity contribution in [1.82, 2.24) is 9.66 Å². The van der Waals surface area contributed by atoms with Crippen molar-refractivity contribution in [3.8, 4) is 28.6 Å². The van der Waals surface area contributed by atoms with E-state index in [9.17, 15) is 4.79 Å². The van der Waals surface area contributed by atoms with Gasteiger partial charge in [0.2, 0.25) is 0 Å². The molecule has 0 fully saturated rings. The van der Waals surface area contributed by atoms with Crippen molar-refractivity contribution in [2.75, 3.05) is 13.2 Å². The number of para-hydroxylation sites is 1. The standard InChI is InChI=1S/C36H34Br2ClN3O4/c1-6-44-30-16-22(5)28(18-27(30)21(3)4)35-41-29-11-9-8-10-26(29)36(43)42(35)40-19-24-17-31(45-7-2)34(33(38)32(24)37)46-20-23-12-14-25(39)15-13-23/h8-19,21H,6-7,20H2,1-5H3. The Morgan fingerprint density at radius 3 is 2.33 bits per heavy atom. The highest BCUT2D eigenvalue weighted by atomic mass is 79.9. The van der Waals surface area contributed by atoms with Gasteiger partial charge in [0.1, 0.15) is 12.4 Å². The SMILES string of the molecule is CCOc1cc(C)c(-c2nc3ccccc3c(=O)n2N=Cc2cc(OCC)c(OCc3ccc(Cl)cc3)c(Br)c2Br)cc1C(C)C. The van der Waals surface area contributed by atoms with Crippen LogP contribution in [0.15, 0.2) is 85.6 Å². The second kappa shape index (κ2) is 14.8. The molecule has 0 bridgehead atoms. The Labute approximate surface area is 290 Å². The lowest BCUT2D eigenvalue weighted by Crippen LogP contribution is -2.21. The third kappa shape index (κ3) is 7.17. The second-order valence-electron chi connectivity index (χ2n) is 10.9. The highest BCUT2D eigenvalue weighted by Gasteiger charge is 2.20. The number of halogens is 3. The Bertz CT molecular complexity index is 1970. The number of rotatable bonds is 11. The van der Waals surface area contributed by atoms with Crippen LogP contribution in [0.5, 0.6) is 17.2 Å². The quantitative estimate of drug-likeness (QED) is 0.125. The third-order valence-electron chi connectivity index (χ3n) is 7.34. The molecule has 10 heteroatoms. The minimum atomic E-state index is -0.278. The normalized spacial score (nSPS) is 11.5. The average Bonchev–Trinajstić information content (AvgIpc) is 3.03. The summed E-state index contributed by atoms with van der Waals surface area (Å²) in [5.41, 5.74) is 4.70. The van der Waals surface area contributed by atoms with Crippen molar-refractivity contribution in [2.45, 2.75) is 47.1 Å². The summed E-state index contributed by atoms with van der Waals surface area (Å²) >= 11 is 13.4. The fourth-order valence-electron chi connectivity index (χ4n) is 5.03. The van der Waals surface area contributed by atoms with E-state index in [1.807, 2.05) is 75.4 Å². The van der Waals surface area contributed by atoms with Gasteiger partial charge < -0.3 is 14.2 Å². The number of nitrogens with zero attached hydrogens (tertiary/aromatic N) is 3. The van der Waals surface area contributed by atoms with Crippen molar-refractivity contribution in [3.05, 3.63) is 113 Å². The van der Waals surface area contributed by atoms with Gasteiger partial charge in [0.15, 0.2) is 17.3 Å². The van der Waals surface area contributed by atoms with E-state index in [0.29, 0.717) is 67.6 Å². The van der Waals surface area contributed by atoms with Crippen molar-refractivity contribution < 1.29 is 14.2 Å². The van der Waals surface area contributed by atoms with Crippen LogP contribution in [0.2, 0.25) is 5.02 Å². The Balaban J connectivity index is 1.63. The van der Waals surface area contributed by atoms with Gasteiger partial charge in [-0.05, 0) is 118 Å². The number of fused-ring (bicyclic) bond motifs is 1. The topological polar surface area (TPSA) is 74.9 Å². The molecule has 238 valence electrons. The molecule has 0 atom stereocenters. The molecule has 4 aromatic carbocycles. The zero-order valence-corrected chi connectivity index (χ0v) is 30.2. The van der Waals surface area contributed by atoms with Crippen LogP contribution in [-0.2, 0) is 6.61 Å². The third-order valence-corrected chi connectivity index (χ3v) is 9.73. The van der Waals surface area contributed by atoms with E-state index in [0.717, 1.165) is 28.0 Å². The molecule has 46 heavy (non-hydrogen) atoms. The minimum absolute atomic E-state index is 0.191. The zero-order valence-electron chi connectivity index (χ0n) is 26.2. The largest absolute Gasteiger partial charge is 0.494 e. The maximum absolute atomic E-state index is 14.0. The summed E-state index contributed by atoms with van der Waals surface area (Å²) in [4.78, 5) is 18.9. The highest BCUT2D eigenvalue weighted by Crippen LogP contribution is 2.43. The molecular formula is C36H34Br2ClN3O4. The Kier molecular flexibility index (Phi) is 10.9. The molecular weight excluding hydrogens is 734 g/mol. The van der Waals surface area contributed by atoms with Gasteiger partial charge in [-0.2, -0.15) is 9.78 Å². The van der Waals surface area contributed by atoms with Crippen LogP contribution in [0.1, 0.15) is 55.9 Å². The van der Waals surface area contributed by atoms with Gasteiger partial charge >= 0.3 is 0 Å². The molecule has 0 saturated heterocycles. The molecule has 1 aromatic heterocycles. The molecule has 0 spiro atoms. The predicted molar refractivity (Wildman–Crippen MR) is 193 cm³/mol. The summed E-state index contributed by atoms with van der Waals surface area (Å²) in [6.07, 6.45) is 1.62. The van der Waals surface area contributed by atoms with Gasteiger partial charge in [-0.1, -0.05) is 49.7 Å². The van der Waals surface area contributed by atoms with E-state index in [-0.39, 0.29) is 11.5 Å². The molecule has 1 heterocycles. The van der Waals surface area contributed by atoms with Crippen molar-refractivity contribution in [2.24, 2.45) is 5.10 Å². The first kappa shape index (κ1) is 33.7. The number of aryl methyl sites for hydroxylation is 1. The molecule has 5 aromatic rings. The molecule has 0 amide bonds. The van der Waals surface area contributed by atoms with Crippen LogP contribution in [0, 0.1) is 6.92 Å². The first-order valence-corrected chi connectivity index (χ1v) is 16.9. The summed E-state index contributed by atoms with van der Waals surface area (Å²) in [7, 11) is 0. The van der Waals surface area contributed by atoms with Gasteiger partial charge in [-0.15, -0.1) is 0 Å². The van der Waals surface area contributed by atoms with Gasteiger partial charge in [0, 0.05) is 20.6 Å². The van der Waals surface area contributed by atoms with Gasteiger partial charge in [-0.25, -0.2) is 4.98 Å². The summed E-state index contributed by atoms with van der Waals surface area (Å²) in [6, 6.07) is 20.7. The molecule has 0 aliphatic rings. The fraction of sp³-hybridized carbons (Fsp3) is 0.250. The average molecular weight is 768 g/mol. The van der Waals surface area contributed by atoms with Crippen molar-refractivity contribution in [3.63, 3.8) is 0 Å². The Morgan fingerprint density at radius 1 is 0.935 bits per heavy atom. The maximum Gasteiger partial charge on any atom is 0.282 e. The predicted octanol–water partition coefficient (Wildman–Crippen LogP) is 9.93. The van der Waals surface area contributed by atoms with Crippen LogP contribution in [-0.4, -0.2) is 29.1 Å². The summed E-state index contributed by atoms with van der Waals surface area (Å²) in [5.74, 6) is 2.52. The van der Waals surface area contributed by atoms with Gasteiger partial charge in [-0.3, -0.25) is 4.79 Å². The summed E-state index contributed by atoms with van der Waals surface area (Å²) in [6.45, 7) is 11.4. The summed E-state index contributed by atoms with van der Waals surface area (Å²) in [5, 5.41) is 5.87. The molecule has 5 rings (SSSR count). The number of hydrogen-bond acceptors (Lipinski definition) is 6. The van der Waals surface area contributed by atoms with E-state index in [2.05, 4.69) is 51.8 Å². The molecule has 0 aliphatic heterocycles. The number of benzene rings is 4. The van der Waals surface area contributed by atoms with Crippen LogP contribution in [0.25, 0.3) is 22.3 Å². The lowest BCUT2D eigenvalue weighted by Gasteiger charge is -2.18. The molecule has 0 radical (unpaired) electrons. The van der Waals surface area contributed by atoms with E-state index in [1.54, 1.807) is 12.3 Å². The highest BCUT2D eigenvalue weighted by molar-refractivity contribution is 9.13. The zero-order chi connectivity index (χ0) is 33.0. The maximum atomic E-state index is 14.0. The molecule has 0 saturated carbocycles. The molecule has 0 unspecified atom stereocenters. The lowest BCUT2D eigenvalue weighted by atomic mass is 9.96. The fourth-order valence-corrected chi connectivity index (χ4v) is 6.09. The first-order valence-electron chi connectivity index (χ1n) is 15.0. The van der Waals surface area contributed by atoms with Crippen LogP contribution < -0.4 is 19.8 Å². The molecule has 7 nitrogen and oxygen atoms in total. The van der Waals surface area contributed by atoms with E-state index in [4.69, 9.17) is 35.9 Å². The van der Waals surface area contributed by atoms with E-state index in [1.165, 1.54) is 4.68 Å². The van der Waals surface area contributed by atoms with Crippen molar-refractivity contribution >= 4 is 60.6 Å². The lowest BCUT2D eigenvalue weighted by molar-refractivity contribution is 0.267. The second-order valence-corrected chi connectivity index (χ2v) is 12.9. The summed E-state index contributed by atoms with van der Waals surface area (Å²) < 4.78 is 20.8. The monoisotopic (exact) mass is 765 g/mol. The van der Waals surface area contributed by atoms with E-state index < -0.39 is 0 Å². The molecule has 0 N–H and O–H groups in total. The van der Waals surface area contributed by atoms with Crippen LogP contribution >= 0.6 is 43.5 Å². The Hall–Kier alpha value is -3.66. The van der Waals surface area contributed by atoms with E-state index >= 15 is 0 Å². The first-order chi connectivity index (χ1) is 22.1. The van der Waals surface area contributed by atoms with Crippen LogP contribution in [0.4, 0.5) is 0 Å². The molecule has 0 aliphatic carbocycles. The number of ether oxygens (including phenoxy) is 3. The van der Waals surface area contributed by atoms with Gasteiger partial charge in [0.25, 0.3) is 5.56 Å². The minimum Gasteiger partial charge on any atom is -0.494 e. The van der Waals surface area contributed by atoms with Gasteiger partial charge in [0.05, 0.1) is 34.8 Å². The van der Waals surface area contributed by atoms with Crippen molar-refractivity contribution in [1.29, 1.82) is 0 Å². The number of aromatic nitrogens is 2.